The van der Waals surface area contributed by atoms with Crippen LogP contribution in [0.4, 0.5) is 0 Å². The van der Waals surface area contributed by atoms with E-state index in [0.717, 1.165) is 30.8 Å². The van der Waals surface area contributed by atoms with E-state index in [4.69, 9.17) is 0 Å². The highest BCUT2D eigenvalue weighted by atomic mass is 32.2. The summed E-state index contributed by atoms with van der Waals surface area (Å²) in [6.45, 7) is 0. The van der Waals surface area contributed by atoms with Crippen LogP contribution in [0.2, 0.25) is 0 Å². The van der Waals surface area contributed by atoms with E-state index in [1.807, 2.05) is 18.2 Å². The van der Waals surface area contributed by atoms with Crippen molar-refractivity contribution in [2.45, 2.75) is 50.5 Å². The van der Waals surface area contributed by atoms with Gasteiger partial charge in [-0.25, -0.2) is 4.79 Å². The topological polar surface area (TPSA) is 83.5 Å². The zero-order valence-electron chi connectivity index (χ0n) is 14.2. The highest BCUT2D eigenvalue weighted by molar-refractivity contribution is 7.99. The number of benzene rings is 1. The van der Waals surface area contributed by atoms with Crippen LogP contribution in [0.3, 0.4) is 0 Å². The number of rotatable bonds is 6. The number of ketones is 1. The fourth-order valence-electron chi connectivity index (χ4n) is 3.56. The smallest absolute Gasteiger partial charge is 0.329 e. The van der Waals surface area contributed by atoms with Crippen molar-refractivity contribution in [3.63, 3.8) is 0 Å². The summed E-state index contributed by atoms with van der Waals surface area (Å²) < 4.78 is 0. The molecule has 1 aromatic rings. The van der Waals surface area contributed by atoms with Crippen molar-refractivity contribution in [3.05, 3.63) is 34.9 Å². The van der Waals surface area contributed by atoms with Crippen LogP contribution in [-0.2, 0) is 22.4 Å². The van der Waals surface area contributed by atoms with Gasteiger partial charge in [0, 0.05) is 18.4 Å². The Morgan fingerprint density at radius 3 is 2.52 bits per heavy atom. The van der Waals surface area contributed by atoms with Gasteiger partial charge < -0.3 is 10.4 Å². The van der Waals surface area contributed by atoms with Crippen LogP contribution in [0, 0.1) is 0 Å². The van der Waals surface area contributed by atoms with Crippen molar-refractivity contribution < 1.29 is 19.5 Å². The fourth-order valence-corrected chi connectivity index (χ4v) is 4.75. The first-order valence-corrected chi connectivity index (χ1v) is 9.93. The monoisotopic (exact) mass is 361 g/mol. The Balaban J connectivity index is 1.56. The number of Topliss-reactive ketones (excluding diaryl/α,β-unsaturated/α-hetero) is 1. The summed E-state index contributed by atoms with van der Waals surface area (Å²) in [6.07, 6.45) is 4.20. The number of amides is 1. The zero-order valence-corrected chi connectivity index (χ0v) is 15.0. The van der Waals surface area contributed by atoms with Crippen molar-refractivity contribution >= 4 is 29.4 Å². The van der Waals surface area contributed by atoms with Crippen LogP contribution in [-0.4, -0.2) is 39.8 Å². The number of fused-ring (bicyclic) bond motifs is 1. The molecule has 3 rings (SSSR count). The van der Waals surface area contributed by atoms with Gasteiger partial charge in [0.2, 0.25) is 5.91 Å². The van der Waals surface area contributed by atoms with Crippen LogP contribution in [0.15, 0.2) is 18.2 Å². The maximum absolute atomic E-state index is 12.4. The number of hydrogen-bond donors (Lipinski definition) is 2. The summed E-state index contributed by atoms with van der Waals surface area (Å²) in [7, 11) is 0. The van der Waals surface area contributed by atoms with E-state index < -0.39 is 11.5 Å². The minimum absolute atomic E-state index is 0.0259. The number of carboxylic acids is 1. The molecule has 0 atom stereocenters. The summed E-state index contributed by atoms with van der Waals surface area (Å²) in [5.41, 5.74) is 2.03. The van der Waals surface area contributed by atoms with Gasteiger partial charge in [0.15, 0.2) is 5.78 Å². The van der Waals surface area contributed by atoms with Crippen molar-refractivity contribution in [3.8, 4) is 0 Å². The van der Waals surface area contributed by atoms with Gasteiger partial charge in [0.05, 0.1) is 0 Å². The largest absolute Gasteiger partial charge is 0.480 e. The first-order chi connectivity index (χ1) is 12.0. The second-order valence-corrected chi connectivity index (χ2v) is 8.03. The van der Waals surface area contributed by atoms with Crippen LogP contribution < -0.4 is 5.32 Å². The van der Waals surface area contributed by atoms with Gasteiger partial charge in [-0.15, -0.1) is 0 Å². The zero-order chi connectivity index (χ0) is 17.9. The minimum atomic E-state index is -1.17. The van der Waals surface area contributed by atoms with E-state index in [9.17, 15) is 19.5 Å². The van der Waals surface area contributed by atoms with Gasteiger partial charge in [-0.1, -0.05) is 12.1 Å². The normalized spacial score (nSPS) is 18.4. The van der Waals surface area contributed by atoms with E-state index in [2.05, 4.69) is 5.32 Å². The molecule has 1 aliphatic carbocycles. The third-order valence-corrected chi connectivity index (χ3v) is 6.12. The Kier molecular flexibility index (Phi) is 5.47. The molecule has 0 bridgehead atoms. The number of nitrogens with one attached hydrogen (secondary N) is 1. The molecule has 5 nitrogen and oxygen atoms in total. The number of hydrogen-bond acceptors (Lipinski definition) is 4. The minimum Gasteiger partial charge on any atom is -0.480 e. The molecule has 2 N–H and O–H groups in total. The molecule has 0 radical (unpaired) electrons. The first-order valence-electron chi connectivity index (χ1n) is 8.77. The third-order valence-electron chi connectivity index (χ3n) is 5.13. The molecule has 1 saturated heterocycles. The average molecular weight is 361 g/mol. The van der Waals surface area contributed by atoms with Gasteiger partial charge in [-0.3, -0.25) is 9.59 Å². The lowest BCUT2D eigenvalue weighted by atomic mass is 9.92. The number of aryl methyl sites for hydroxylation is 2. The quantitative estimate of drug-likeness (QED) is 0.761. The summed E-state index contributed by atoms with van der Waals surface area (Å²) in [5, 5.41) is 12.2. The molecule has 6 heteroatoms. The molecule has 1 amide bonds. The average Bonchev–Trinajstić information content (AvgIpc) is 3.08. The summed E-state index contributed by atoms with van der Waals surface area (Å²) >= 11 is 1.70. The summed E-state index contributed by atoms with van der Waals surface area (Å²) in [4.78, 5) is 36.2. The first kappa shape index (κ1) is 18.0. The number of carbonyl (C=O) groups is 3. The Hall–Kier alpha value is -1.82. The molecule has 2 aliphatic rings. The Bertz CT molecular complexity index is 695. The second-order valence-electron chi connectivity index (χ2n) is 6.81. The van der Waals surface area contributed by atoms with E-state index in [-0.39, 0.29) is 24.5 Å². The van der Waals surface area contributed by atoms with Gasteiger partial charge in [0.25, 0.3) is 0 Å². The summed E-state index contributed by atoms with van der Waals surface area (Å²) in [6, 6.07) is 5.79. The Labute approximate surface area is 151 Å². The molecular weight excluding hydrogens is 338 g/mol. The molecule has 0 saturated carbocycles. The van der Waals surface area contributed by atoms with Crippen molar-refractivity contribution in [1.82, 2.24) is 5.32 Å². The molecule has 1 aliphatic heterocycles. The predicted molar refractivity (Wildman–Crippen MR) is 97.1 cm³/mol. The fraction of sp³-hybridized carbons (Fsp3) is 0.526. The van der Waals surface area contributed by atoms with Crippen molar-refractivity contribution in [2.24, 2.45) is 0 Å². The van der Waals surface area contributed by atoms with Crippen LogP contribution in [0.25, 0.3) is 0 Å². The Morgan fingerprint density at radius 1 is 1.08 bits per heavy atom. The van der Waals surface area contributed by atoms with E-state index in [1.54, 1.807) is 11.8 Å². The van der Waals surface area contributed by atoms with Gasteiger partial charge in [-0.2, -0.15) is 11.8 Å². The lowest BCUT2D eigenvalue weighted by Gasteiger charge is -2.33. The molecule has 134 valence electrons. The number of carbonyl (C=O) groups excluding carboxylic acids is 2. The molecule has 25 heavy (non-hydrogen) atoms. The van der Waals surface area contributed by atoms with E-state index in [1.165, 1.54) is 11.1 Å². The van der Waals surface area contributed by atoms with Crippen molar-refractivity contribution in [2.75, 3.05) is 11.5 Å². The molecule has 1 fully saturated rings. The third kappa shape index (κ3) is 4.06. The highest BCUT2D eigenvalue weighted by Crippen LogP contribution is 2.28. The standard InChI is InChI=1S/C19H23NO4S/c21-16(15-5-4-13-2-1-3-14(13)12-15)6-7-17(22)20-19(18(23)24)8-10-25-11-9-19/h4-5,12H,1-3,6-11H2,(H,20,22)(H,23,24). The van der Waals surface area contributed by atoms with Crippen LogP contribution in [0.5, 0.6) is 0 Å². The lowest BCUT2D eigenvalue weighted by molar-refractivity contribution is -0.148. The van der Waals surface area contributed by atoms with Gasteiger partial charge >= 0.3 is 5.97 Å². The number of thioether (sulfide) groups is 1. The molecule has 0 unspecified atom stereocenters. The number of carboxylic acid groups (broad SMARTS) is 1. The van der Waals surface area contributed by atoms with Gasteiger partial charge in [-0.05, 0) is 60.8 Å². The highest BCUT2D eigenvalue weighted by Gasteiger charge is 2.41. The maximum atomic E-state index is 12.4. The van der Waals surface area contributed by atoms with Crippen LogP contribution in [0.1, 0.15) is 53.6 Å². The van der Waals surface area contributed by atoms with Crippen molar-refractivity contribution in [1.29, 1.82) is 0 Å². The predicted octanol–water partition coefficient (Wildman–Crippen LogP) is 2.60. The van der Waals surface area contributed by atoms with E-state index in [0.29, 0.717) is 18.4 Å². The number of aliphatic carboxylic acids is 1. The van der Waals surface area contributed by atoms with Crippen LogP contribution >= 0.6 is 11.8 Å². The maximum Gasteiger partial charge on any atom is 0.329 e. The molecule has 0 spiro atoms. The lowest BCUT2D eigenvalue weighted by Crippen LogP contribution is -2.56. The second kappa shape index (κ2) is 7.60. The molecular formula is C19H23NO4S. The molecule has 0 aromatic heterocycles. The Morgan fingerprint density at radius 2 is 1.80 bits per heavy atom. The van der Waals surface area contributed by atoms with Gasteiger partial charge in [0.1, 0.15) is 5.54 Å². The molecule has 1 aromatic carbocycles. The SMILES string of the molecule is O=C(CCC(=O)c1ccc2c(c1)CCC2)NC1(C(=O)O)CCSCC1. The molecule has 1 heterocycles. The summed E-state index contributed by atoms with van der Waals surface area (Å²) in [5.74, 6) is 0.0460. The van der Waals surface area contributed by atoms with E-state index >= 15 is 0 Å².